The molecule has 130 valence electrons. The molecule has 5 rings (SSSR count). The molecule has 5 heterocycles. The van der Waals surface area contributed by atoms with Crippen molar-refractivity contribution in [2.45, 2.75) is 31.0 Å². The standard InChI is InChI=1S/C17H17ClN4O3/c18-11-2-3-14-19-12(10-20(14)9-11)16(24)21-6-4-17-13(21)8-15(23)22(17)5-1-7-25-17/h2-3,9-10,13H,1,4-8H2/t13-,17+/m1/s1. The van der Waals surface area contributed by atoms with E-state index in [1.54, 1.807) is 33.8 Å². The van der Waals surface area contributed by atoms with Crippen LogP contribution in [0.1, 0.15) is 29.8 Å². The number of hydrogen-bond donors (Lipinski definition) is 0. The topological polar surface area (TPSA) is 67.2 Å². The Morgan fingerprint density at radius 2 is 2.20 bits per heavy atom. The van der Waals surface area contributed by atoms with Crippen LogP contribution in [0.5, 0.6) is 0 Å². The minimum Gasteiger partial charge on any atom is -0.353 e. The Bertz CT molecular complexity index is 897. The van der Waals surface area contributed by atoms with E-state index < -0.39 is 5.72 Å². The molecular formula is C17H17ClN4O3. The van der Waals surface area contributed by atoms with Crippen molar-refractivity contribution >= 4 is 29.1 Å². The Labute approximate surface area is 149 Å². The van der Waals surface area contributed by atoms with E-state index in [4.69, 9.17) is 16.3 Å². The summed E-state index contributed by atoms with van der Waals surface area (Å²) >= 11 is 6.00. The maximum absolute atomic E-state index is 13.1. The molecular weight excluding hydrogens is 344 g/mol. The van der Waals surface area contributed by atoms with E-state index in [1.165, 1.54) is 0 Å². The van der Waals surface area contributed by atoms with Crippen LogP contribution in [0.3, 0.4) is 0 Å². The van der Waals surface area contributed by atoms with Gasteiger partial charge in [-0.2, -0.15) is 0 Å². The van der Waals surface area contributed by atoms with Crippen molar-refractivity contribution in [3.8, 4) is 0 Å². The third-order valence-electron chi connectivity index (χ3n) is 5.51. The van der Waals surface area contributed by atoms with Crippen LogP contribution in [-0.4, -0.2) is 62.5 Å². The third-order valence-corrected chi connectivity index (χ3v) is 5.73. The molecule has 3 aliphatic heterocycles. The van der Waals surface area contributed by atoms with Crippen LogP contribution in [0.25, 0.3) is 5.65 Å². The first-order chi connectivity index (χ1) is 12.1. The summed E-state index contributed by atoms with van der Waals surface area (Å²) < 4.78 is 7.78. The molecule has 2 atom stereocenters. The molecule has 25 heavy (non-hydrogen) atoms. The van der Waals surface area contributed by atoms with Gasteiger partial charge in [-0.1, -0.05) is 11.6 Å². The quantitative estimate of drug-likeness (QED) is 0.774. The summed E-state index contributed by atoms with van der Waals surface area (Å²) in [6.07, 6.45) is 5.24. The number of halogens is 1. The number of carbonyl (C=O) groups is 2. The molecule has 3 fully saturated rings. The van der Waals surface area contributed by atoms with Crippen molar-refractivity contribution in [3.05, 3.63) is 35.2 Å². The molecule has 0 saturated carbocycles. The molecule has 3 saturated heterocycles. The van der Waals surface area contributed by atoms with Gasteiger partial charge < -0.3 is 18.9 Å². The molecule has 2 amide bonds. The van der Waals surface area contributed by atoms with Crippen LogP contribution < -0.4 is 0 Å². The summed E-state index contributed by atoms with van der Waals surface area (Å²) in [7, 11) is 0. The van der Waals surface area contributed by atoms with Crippen LogP contribution >= 0.6 is 11.6 Å². The third kappa shape index (κ3) is 2.05. The molecule has 7 nitrogen and oxygen atoms in total. The number of pyridine rings is 1. The zero-order valence-corrected chi connectivity index (χ0v) is 14.3. The maximum atomic E-state index is 13.1. The SMILES string of the molecule is O=C(c1cn2cc(Cl)ccc2n1)N1CC[C@@]23OCCCN2C(=O)C[C@@H]13. The van der Waals surface area contributed by atoms with E-state index in [0.29, 0.717) is 48.9 Å². The van der Waals surface area contributed by atoms with E-state index in [0.717, 1.165) is 6.42 Å². The van der Waals surface area contributed by atoms with Crippen LogP contribution in [0.15, 0.2) is 24.5 Å². The number of amides is 2. The van der Waals surface area contributed by atoms with Crippen LogP contribution in [-0.2, 0) is 9.53 Å². The van der Waals surface area contributed by atoms with Crippen molar-refractivity contribution in [1.82, 2.24) is 19.2 Å². The zero-order valence-electron chi connectivity index (χ0n) is 13.5. The lowest BCUT2D eigenvalue weighted by atomic mass is 10.0. The van der Waals surface area contributed by atoms with E-state index in [2.05, 4.69) is 4.98 Å². The predicted molar refractivity (Wildman–Crippen MR) is 89.3 cm³/mol. The summed E-state index contributed by atoms with van der Waals surface area (Å²) in [6.45, 7) is 1.92. The molecule has 2 aromatic heterocycles. The molecule has 0 radical (unpaired) electrons. The fraction of sp³-hybridized carbons (Fsp3) is 0.471. The van der Waals surface area contributed by atoms with Gasteiger partial charge in [-0.3, -0.25) is 9.59 Å². The summed E-state index contributed by atoms with van der Waals surface area (Å²) in [6, 6.07) is 3.28. The molecule has 0 bridgehead atoms. The lowest BCUT2D eigenvalue weighted by molar-refractivity contribution is -0.179. The van der Waals surface area contributed by atoms with E-state index in [9.17, 15) is 9.59 Å². The predicted octanol–water partition coefficient (Wildman–Crippen LogP) is 1.55. The molecule has 1 spiro atoms. The van der Waals surface area contributed by atoms with Gasteiger partial charge in [0.25, 0.3) is 5.91 Å². The first-order valence-electron chi connectivity index (χ1n) is 8.48. The van der Waals surface area contributed by atoms with Crippen molar-refractivity contribution in [1.29, 1.82) is 0 Å². The van der Waals surface area contributed by atoms with Gasteiger partial charge in [0.2, 0.25) is 5.91 Å². The largest absolute Gasteiger partial charge is 0.353 e. The minimum atomic E-state index is -0.631. The molecule has 0 unspecified atom stereocenters. The van der Waals surface area contributed by atoms with Crippen molar-refractivity contribution in [3.63, 3.8) is 0 Å². The van der Waals surface area contributed by atoms with Crippen molar-refractivity contribution in [2.75, 3.05) is 19.7 Å². The summed E-state index contributed by atoms with van der Waals surface area (Å²) in [5.41, 5.74) is 0.397. The van der Waals surface area contributed by atoms with Gasteiger partial charge in [-0.15, -0.1) is 0 Å². The van der Waals surface area contributed by atoms with Gasteiger partial charge in [0, 0.05) is 31.9 Å². The number of aromatic nitrogens is 2. The average Bonchev–Trinajstić information content (AvgIpc) is 3.24. The monoisotopic (exact) mass is 360 g/mol. The highest BCUT2D eigenvalue weighted by Gasteiger charge is 2.61. The summed E-state index contributed by atoms with van der Waals surface area (Å²) in [4.78, 5) is 33.4. The number of likely N-dealkylation sites (tertiary alicyclic amines) is 1. The van der Waals surface area contributed by atoms with E-state index >= 15 is 0 Å². The smallest absolute Gasteiger partial charge is 0.274 e. The Kier molecular flexibility index (Phi) is 3.15. The molecule has 3 aliphatic rings. The van der Waals surface area contributed by atoms with Crippen molar-refractivity contribution in [2.24, 2.45) is 0 Å². The Morgan fingerprint density at radius 3 is 3.08 bits per heavy atom. The number of carbonyl (C=O) groups excluding carboxylic acids is 2. The van der Waals surface area contributed by atoms with Gasteiger partial charge in [0.1, 0.15) is 11.3 Å². The molecule has 0 N–H and O–H groups in total. The number of hydrogen-bond acceptors (Lipinski definition) is 4. The van der Waals surface area contributed by atoms with Gasteiger partial charge >= 0.3 is 0 Å². The highest BCUT2D eigenvalue weighted by atomic mass is 35.5. The minimum absolute atomic E-state index is 0.0731. The van der Waals surface area contributed by atoms with Crippen LogP contribution in [0.4, 0.5) is 0 Å². The first kappa shape index (κ1) is 15.2. The Morgan fingerprint density at radius 1 is 1.32 bits per heavy atom. The normalized spacial score (nSPS) is 28.5. The van der Waals surface area contributed by atoms with E-state index in [-0.39, 0.29) is 17.9 Å². The second-order valence-corrected chi connectivity index (χ2v) is 7.24. The molecule has 0 aromatic carbocycles. The number of ether oxygens (including phenoxy) is 1. The maximum Gasteiger partial charge on any atom is 0.274 e. The highest BCUT2D eigenvalue weighted by molar-refractivity contribution is 6.30. The second kappa shape index (κ2) is 5.19. The lowest BCUT2D eigenvalue weighted by Gasteiger charge is -2.42. The van der Waals surface area contributed by atoms with Gasteiger partial charge in [0.15, 0.2) is 5.72 Å². The molecule has 0 aliphatic carbocycles. The van der Waals surface area contributed by atoms with Crippen LogP contribution in [0, 0.1) is 0 Å². The van der Waals surface area contributed by atoms with Crippen LogP contribution in [0.2, 0.25) is 5.02 Å². The van der Waals surface area contributed by atoms with Gasteiger partial charge in [0.05, 0.1) is 24.1 Å². The fourth-order valence-corrected chi connectivity index (χ4v) is 4.58. The second-order valence-electron chi connectivity index (χ2n) is 6.80. The number of nitrogens with zero attached hydrogens (tertiary/aromatic N) is 4. The summed E-state index contributed by atoms with van der Waals surface area (Å²) in [5.74, 6) is -0.0884. The fourth-order valence-electron chi connectivity index (χ4n) is 4.41. The number of rotatable bonds is 1. The van der Waals surface area contributed by atoms with Crippen molar-refractivity contribution < 1.29 is 14.3 Å². The first-order valence-corrected chi connectivity index (χ1v) is 8.86. The lowest BCUT2D eigenvalue weighted by Crippen LogP contribution is -2.56. The van der Waals surface area contributed by atoms with Gasteiger partial charge in [-0.05, 0) is 18.6 Å². The highest BCUT2D eigenvalue weighted by Crippen LogP contribution is 2.45. The number of imidazole rings is 1. The van der Waals surface area contributed by atoms with Gasteiger partial charge in [-0.25, -0.2) is 4.98 Å². The Balaban J connectivity index is 1.49. The molecule has 8 heteroatoms. The molecule has 2 aromatic rings. The average molecular weight is 361 g/mol. The van der Waals surface area contributed by atoms with E-state index in [1.807, 2.05) is 4.90 Å². The summed E-state index contributed by atoms with van der Waals surface area (Å²) in [5, 5.41) is 0.580. The Hall–Kier alpha value is -2.12. The number of fused-ring (bicyclic) bond motifs is 1. The zero-order chi connectivity index (χ0) is 17.2.